The summed E-state index contributed by atoms with van der Waals surface area (Å²) in [6.45, 7) is 3.10. The Kier molecular flexibility index (Phi) is 4.03. The average molecular weight is 302 g/mol. The summed E-state index contributed by atoms with van der Waals surface area (Å²) in [5.74, 6) is 0.880. The van der Waals surface area contributed by atoms with Gasteiger partial charge in [-0.1, -0.05) is 13.0 Å². The largest absolute Gasteiger partial charge is 0.324 e. The molecule has 102 valence electrons. The molecule has 0 saturated heterocycles. The van der Waals surface area contributed by atoms with Crippen molar-refractivity contribution in [2.75, 3.05) is 0 Å². The average Bonchev–Trinajstić information content (AvgIpc) is 3.19. The standard InChI is InChI=1S/C14H14N4S2/c1-2-8-18-11(12-4-3-9-19-12)5-6-13(18)16-17-14-15-7-10-20-14/h3-7,9-10H,2,8H2,1H3/b17-16+. The Morgan fingerprint density at radius 3 is 2.80 bits per heavy atom. The highest BCUT2D eigenvalue weighted by Gasteiger charge is 2.10. The summed E-state index contributed by atoms with van der Waals surface area (Å²) < 4.78 is 2.21. The Balaban J connectivity index is 1.95. The molecule has 0 fully saturated rings. The summed E-state index contributed by atoms with van der Waals surface area (Å²) in [4.78, 5) is 5.37. The van der Waals surface area contributed by atoms with Gasteiger partial charge in [0.15, 0.2) is 5.82 Å². The van der Waals surface area contributed by atoms with Crippen LogP contribution in [0.1, 0.15) is 13.3 Å². The minimum Gasteiger partial charge on any atom is -0.324 e. The van der Waals surface area contributed by atoms with Crippen LogP contribution in [0.5, 0.6) is 0 Å². The van der Waals surface area contributed by atoms with Crippen LogP contribution in [0.2, 0.25) is 0 Å². The highest BCUT2D eigenvalue weighted by Crippen LogP contribution is 2.31. The quantitative estimate of drug-likeness (QED) is 0.574. The molecule has 0 aliphatic rings. The maximum atomic E-state index is 4.34. The second kappa shape index (κ2) is 6.11. The van der Waals surface area contributed by atoms with Crippen molar-refractivity contribution in [1.29, 1.82) is 0 Å². The Hall–Kier alpha value is -1.79. The first-order valence-electron chi connectivity index (χ1n) is 6.43. The van der Waals surface area contributed by atoms with Crippen LogP contribution in [0.3, 0.4) is 0 Å². The number of rotatable bonds is 5. The van der Waals surface area contributed by atoms with Crippen molar-refractivity contribution in [1.82, 2.24) is 9.55 Å². The van der Waals surface area contributed by atoms with Crippen LogP contribution < -0.4 is 0 Å². The number of thiophene rings is 1. The van der Waals surface area contributed by atoms with Gasteiger partial charge in [0, 0.05) is 18.1 Å². The van der Waals surface area contributed by atoms with Gasteiger partial charge in [0.1, 0.15) is 0 Å². The Bertz CT molecular complexity index is 681. The fraction of sp³-hybridized carbons (Fsp3) is 0.214. The van der Waals surface area contributed by atoms with Crippen molar-refractivity contribution < 1.29 is 0 Å². The molecule has 0 spiro atoms. The maximum absolute atomic E-state index is 4.34. The third kappa shape index (κ3) is 2.71. The van der Waals surface area contributed by atoms with Crippen molar-refractivity contribution in [2.24, 2.45) is 10.2 Å². The van der Waals surface area contributed by atoms with Crippen LogP contribution >= 0.6 is 22.7 Å². The number of hydrogen-bond donors (Lipinski definition) is 0. The second-order valence-electron chi connectivity index (χ2n) is 4.22. The molecule has 3 aromatic rings. The van der Waals surface area contributed by atoms with Gasteiger partial charge in [-0.05, 0) is 30.0 Å². The molecule has 20 heavy (non-hydrogen) atoms. The van der Waals surface area contributed by atoms with Gasteiger partial charge in [-0.3, -0.25) is 0 Å². The smallest absolute Gasteiger partial charge is 0.229 e. The summed E-state index contributed by atoms with van der Waals surface area (Å²) in [5, 5.41) is 13.2. The van der Waals surface area contributed by atoms with Gasteiger partial charge in [-0.25, -0.2) is 4.98 Å². The Morgan fingerprint density at radius 2 is 2.10 bits per heavy atom. The molecule has 0 atom stereocenters. The van der Waals surface area contributed by atoms with Crippen molar-refractivity contribution in [2.45, 2.75) is 19.9 Å². The van der Waals surface area contributed by atoms with Gasteiger partial charge in [0.05, 0.1) is 10.6 Å². The van der Waals surface area contributed by atoms with E-state index >= 15 is 0 Å². The minimum atomic E-state index is 0.687. The molecule has 6 heteroatoms. The van der Waals surface area contributed by atoms with E-state index in [0.29, 0.717) is 5.13 Å². The first kappa shape index (κ1) is 13.2. The van der Waals surface area contributed by atoms with Crippen molar-refractivity contribution in [3.05, 3.63) is 41.2 Å². The van der Waals surface area contributed by atoms with Crippen LogP contribution in [-0.4, -0.2) is 9.55 Å². The molecule has 0 aromatic carbocycles. The normalized spacial score (nSPS) is 11.4. The van der Waals surface area contributed by atoms with Gasteiger partial charge >= 0.3 is 0 Å². The lowest BCUT2D eigenvalue weighted by molar-refractivity contribution is 0.690. The lowest BCUT2D eigenvalue weighted by Gasteiger charge is -2.07. The molecule has 0 aliphatic heterocycles. The van der Waals surface area contributed by atoms with Crippen LogP contribution in [-0.2, 0) is 6.54 Å². The zero-order chi connectivity index (χ0) is 13.8. The molecule has 0 N–H and O–H groups in total. The zero-order valence-electron chi connectivity index (χ0n) is 11.1. The maximum Gasteiger partial charge on any atom is 0.229 e. The molecule has 0 radical (unpaired) electrons. The van der Waals surface area contributed by atoms with Crippen LogP contribution in [0.15, 0.2) is 51.5 Å². The number of azo groups is 1. The summed E-state index contributed by atoms with van der Waals surface area (Å²) in [7, 11) is 0. The topological polar surface area (TPSA) is 42.5 Å². The zero-order valence-corrected chi connectivity index (χ0v) is 12.7. The van der Waals surface area contributed by atoms with E-state index in [1.54, 1.807) is 17.5 Å². The summed E-state index contributed by atoms with van der Waals surface area (Å²) in [5.41, 5.74) is 1.20. The summed E-state index contributed by atoms with van der Waals surface area (Å²) >= 11 is 3.23. The molecular formula is C14H14N4S2. The van der Waals surface area contributed by atoms with E-state index in [1.165, 1.54) is 21.9 Å². The molecule has 0 saturated carbocycles. The second-order valence-corrected chi connectivity index (χ2v) is 6.04. The SMILES string of the molecule is CCCn1c(/N=N/c2nccs2)ccc1-c1cccs1. The first-order chi connectivity index (χ1) is 9.88. The molecule has 3 rings (SSSR count). The van der Waals surface area contributed by atoms with E-state index < -0.39 is 0 Å². The molecule has 0 aliphatic carbocycles. The number of aromatic nitrogens is 2. The highest BCUT2D eigenvalue weighted by molar-refractivity contribution is 7.13. The van der Waals surface area contributed by atoms with Gasteiger partial charge in [0.2, 0.25) is 5.13 Å². The van der Waals surface area contributed by atoms with E-state index in [1.807, 2.05) is 11.4 Å². The number of thiazole rings is 1. The van der Waals surface area contributed by atoms with Crippen LogP contribution in [0.4, 0.5) is 10.9 Å². The lowest BCUT2D eigenvalue weighted by Crippen LogP contribution is -1.97. The van der Waals surface area contributed by atoms with Crippen molar-refractivity contribution in [3.8, 4) is 10.6 Å². The highest BCUT2D eigenvalue weighted by atomic mass is 32.1. The van der Waals surface area contributed by atoms with Crippen molar-refractivity contribution >= 4 is 33.6 Å². The molecular weight excluding hydrogens is 288 g/mol. The minimum absolute atomic E-state index is 0.687. The summed E-state index contributed by atoms with van der Waals surface area (Å²) in [6, 6.07) is 8.33. The number of nitrogens with zero attached hydrogens (tertiary/aromatic N) is 4. The molecule has 0 bridgehead atoms. The third-order valence-corrected chi connectivity index (χ3v) is 4.38. The Labute approximate surface area is 125 Å². The fourth-order valence-electron chi connectivity index (χ4n) is 2.00. The van der Waals surface area contributed by atoms with Gasteiger partial charge in [-0.2, -0.15) is 0 Å². The fourth-order valence-corrected chi connectivity index (χ4v) is 3.21. The van der Waals surface area contributed by atoms with E-state index in [4.69, 9.17) is 0 Å². The molecule has 3 aromatic heterocycles. The molecule has 4 nitrogen and oxygen atoms in total. The van der Waals surface area contributed by atoms with Crippen LogP contribution in [0, 0.1) is 0 Å². The first-order valence-corrected chi connectivity index (χ1v) is 8.19. The third-order valence-electron chi connectivity index (χ3n) is 2.84. The van der Waals surface area contributed by atoms with E-state index in [9.17, 15) is 0 Å². The monoisotopic (exact) mass is 302 g/mol. The Morgan fingerprint density at radius 1 is 1.15 bits per heavy atom. The van der Waals surface area contributed by atoms with Crippen LogP contribution in [0.25, 0.3) is 10.6 Å². The van der Waals surface area contributed by atoms with Crippen molar-refractivity contribution in [3.63, 3.8) is 0 Å². The summed E-state index contributed by atoms with van der Waals surface area (Å²) in [6.07, 6.45) is 2.80. The molecule has 0 amide bonds. The van der Waals surface area contributed by atoms with Gasteiger partial charge in [0.25, 0.3) is 0 Å². The van der Waals surface area contributed by atoms with E-state index in [0.717, 1.165) is 18.8 Å². The van der Waals surface area contributed by atoms with Gasteiger partial charge in [-0.15, -0.1) is 32.9 Å². The van der Waals surface area contributed by atoms with E-state index in [2.05, 4.69) is 50.3 Å². The molecule has 0 unspecified atom stereocenters. The number of hydrogen-bond acceptors (Lipinski definition) is 5. The molecule has 3 heterocycles. The lowest BCUT2D eigenvalue weighted by atomic mass is 10.3. The predicted octanol–water partition coefficient (Wildman–Crippen LogP) is 5.50. The van der Waals surface area contributed by atoms with E-state index in [-0.39, 0.29) is 0 Å². The van der Waals surface area contributed by atoms with Gasteiger partial charge < -0.3 is 4.57 Å². The predicted molar refractivity (Wildman–Crippen MR) is 84.3 cm³/mol.